The van der Waals surface area contributed by atoms with Crippen LogP contribution >= 0.6 is 11.7 Å². The van der Waals surface area contributed by atoms with E-state index in [1.807, 2.05) is 0 Å². The fourth-order valence-corrected chi connectivity index (χ4v) is 1.97. The predicted molar refractivity (Wildman–Crippen MR) is 73.2 cm³/mol. The molecule has 7 nitrogen and oxygen atoms in total. The van der Waals surface area contributed by atoms with Gasteiger partial charge in [0.15, 0.2) is 5.57 Å². The third-order valence-electron chi connectivity index (χ3n) is 2.45. The smallest absolute Gasteiger partial charge is 0.346 e. The average molecular weight is 293 g/mol. The molecular weight excluding hydrogens is 282 g/mol. The second kappa shape index (κ2) is 6.11. The molecule has 20 heavy (non-hydrogen) atoms. The predicted octanol–water partition coefficient (Wildman–Crippen LogP) is 1.33. The highest BCUT2D eigenvalue weighted by molar-refractivity contribution is 7.00. The van der Waals surface area contributed by atoms with Crippen LogP contribution in [-0.4, -0.2) is 34.9 Å². The second-order valence-corrected chi connectivity index (χ2v) is 4.18. The molecule has 0 unspecified atom stereocenters. The molecule has 0 radical (unpaired) electrons. The summed E-state index contributed by atoms with van der Waals surface area (Å²) in [6.07, 6.45) is 1.23. The number of nitrogens with one attached hydrogen (secondary N) is 1. The largest absolute Gasteiger partial charge is 0.465 e. The summed E-state index contributed by atoms with van der Waals surface area (Å²) < 4.78 is 17.2. The lowest BCUT2D eigenvalue weighted by molar-refractivity contribution is -0.144. The van der Waals surface area contributed by atoms with E-state index < -0.39 is 11.9 Å². The van der Waals surface area contributed by atoms with Crippen LogP contribution in [0.4, 0.5) is 5.69 Å². The second-order valence-electron chi connectivity index (χ2n) is 3.65. The Labute approximate surface area is 118 Å². The minimum absolute atomic E-state index is 0.230. The lowest BCUT2D eigenvalue weighted by Crippen LogP contribution is -2.17. The van der Waals surface area contributed by atoms with Crippen molar-refractivity contribution < 1.29 is 19.1 Å². The third kappa shape index (κ3) is 2.91. The van der Waals surface area contributed by atoms with Crippen molar-refractivity contribution in [1.82, 2.24) is 8.75 Å². The van der Waals surface area contributed by atoms with Crippen molar-refractivity contribution in [3.63, 3.8) is 0 Å². The number of carbonyl (C=O) groups is 2. The number of methoxy groups -OCH3 is 2. The summed E-state index contributed by atoms with van der Waals surface area (Å²) in [6, 6.07) is 5.29. The first kappa shape index (κ1) is 13.9. The van der Waals surface area contributed by atoms with Gasteiger partial charge in [-0.3, -0.25) is 0 Å². The van der Waals surface area contributed by atoms with E-state index in [2.05, 4.69) is 23.5 Å². The summed E-state index contributed by atoms with van der Waals surface area (Å²) in [7, 11) is 2.37. The van der Waals surface area contributed by atoms with Crippen LogP contribution in [0.1, 0.15) is 0 Å². The van der Waals surface area contributed by atoms with Crippen molar-refractivity contribution in [2.75, 3.05) is 19.5 Å². The molecule has 1 aromatic heterocycles. The van der Waals surface area contributed by atoms with Crippen LogP contribution in [-0.2, 0) is 19.1 Å². The maximum atomic E-state index is 11.5. The average Bonchev–Trinajstić information content (AvgIpc) is 2.94. The van der Waals surface area contributed by atoms with Crippen LogP contribution in [0.25, 0.3) is 11.0 Å². The van der Waals surface area contributed by atoms with Gasteiger partial charge in [-0.1, -0.05) is 0 Å². The first-order valence-corrected chi connectivity index (χ1v) is 6.24. The van der Waals surface area contributed by atoms with Gasteiger partial charge < -0.3 is 14.8 Å². The fraction of sp³-hybridized carbons (Fsp3) is 0.167. The SMILES string of the molecule is COC(=O)C(=CNc1ccc2nsnc2c1)C(=O)OC. The quantitative estimate of drug-likeness (QED) is 0.393. The highest BCUT2D eigenvalue weighted by atomic mass is 32.1. The van der Waals surface area contributed by atoms with Gasteiger partial charge in [-0.15, -0.1) is 0 Å². The molecule has 1 aromatic carbocycles. The molecule has 0 bridgehead atoms. The molecule has 8 heteroatoms. The maximum Gasteiger partial charge on any atom is 0.346 e. The molecule has 0 aliphatic carbocycles. The van der Waals surface area contributed by atoms with E-state index in [1.54, 1.807) is 18.2 Å². The van der Waals surface area contributed by atoms with Crippen molar-refractivity contribution in [2.24, 2.45) is 0 Å². The topological polar surface area (TPSA) is 90.4 Å². The van der Waals surface area contributed by atoms with Crippen molar-refractivity contribution in [3.8, 4) is 0 Å². The number of esters is 2. The summed E-state index contributed by atoms with van der Waals surface area (Å²) >= 11 is 1.11. The normalized spacial score (nSPS) is 9.90. The van der Waals surface area contributed by atoms with Crippen LogP contribution in [0, 0.1) is 0 Å². The number of aromatic nitrogens is 2. The number of nitrogens with zero attached hydrogens (tertiary/aromatic N) is 2. The van der Waals surface area contributed by atoms with Gasteiger partial charge in [0, 0.05) is 11.9 Å². The highest BCUT2D eigenvalue weighted by Crippen LogP contribution is 2.17. The van der Waals surface area contributed by atoms with Crippen molar-refractivity contribution in [1.29, 1.82) is 0 Å². The van der Waals surface area contributed by atoms with E-state index in [1.165, 1.54) is 20.4 Å². The molecule has 0 aliphatic rings. The molecule has 2 aromatic rings. The molecule has 1 N–H and O–H groups in total. The Balaban J connectivity index is 2.23. The van der Waals surface area contributed by atoms with E-state index >= 15 is 0 Å². The van der Waals surface area contributed by atoms with Crippen molar-refractivity contribution in [3.05, 3.63) is 30.0 Å². The van der Waals surface area contributed by atoms with E-state index in [0.717, 1.165) is 22.8 Å². The number of hydrogen-bond acceptors (Lipinski definition) is 8. The lowest BCUT2D eigenvalue weighted by Gasteiger charge is -2.05. The highest BCUT2D eigenvalue weighted by Gasteiger charge is 2.19. The van der Waals surface area contributed by atoms with E-state index in [0.29, 0.717) is 5.69 Å². The van der Waals surface area contributed by atoms with Gasteiger partial charge in [0.1, 0.15) is 11.0 Å². The first-order chi connectivity index (χ1) is 9.65. The Morgan fingerprint density at radius 3 is 2.45 bits per heavy atom. The Morgan fingerprint density at radius 2 is 1.80 bits per heavy atom. The monoisotopic (exact) mass is 293 g/mol. The molecule has 0 amide bonds. The van der Waals surface area contributed by atoms with E-state index in [9.17, 15) is 9.59 Å². The summed E-state index contributed by atoms with van der Waals surface area (Å²) in [4.78, 5) is 22.9. The number of carbonyl (C=O) groups excluding carboxylic acids is 2. The molecule has 2 rings (SSSR count). The number of rotatable bonds is 4. The van der Waals surface area contributed by atoms with Gasteiger partial charge in [0.25, 0.3) is 0 Å². The van der Waals surface area contributed by atoms with Gasteiger partial charge >= 0.3 is 11.9 Å². The van der Waals surface area contributed by atoms with E-state index in [-0.39, 0.29) is 5.57 Å². The summed E-state index contributed by atoms with van der Waals surface area (Å²) in [5, 5.41) is 2.83. The zero-order valence-electron chi connectivity index (χ0n) is 10.7. The fourth-order valence-electron chi connectivity index (χ4n) is 1.45. The van der Waals surface area contributed by atoms with Crippen LogP contribution in [0.3, 0.4) is 0 Å². The molecule has 1 heterocycles. The van der Waals surface area contributed by atoms with Gasteiger partial charge in [0.05, 0.1) is 25.9 Å². The first-order valence-electron chi connectivity index (χ1n) is 5.51. The zero-order valence-corrected chi connectivity index (χ0v) is 11.6. The minimum Gasteiger partial charge on any atom is -0.465 e. The summed E-state index contributed by atoms with van der Waals surface area (Å²) in [5.74, 6) is -1.55. The minimum atomic E-state index is -0.777. The molecule has 0 aliphatic heterocycles. The Hall–Kier alpha value is -2.48. The number of hydrogen-bond donors (Lipinski definition) is 1. The van der Waals surface area contributed by atoms with Crippen LogP contribution < -0.4 is 5.32 Å². The van der Waals surface area contributed by atoms with Crippen LogP contribution in [0.2, 0.25) is 0 Å². The zero-order chi connectivity index (χ0) is 14.5. The van der Waals surface area contributed by atoms with Gasteiger partial charge in [-0.05, 0) is 18.2 Å². The Bertz CT molecular complexity index is 662. The third-order valence-corrected chi connectivity index (χ3v) is 3.00. The summed E-state index contributed by atoms with van der Waals surface area (Å²) in [6.45, 7) is 0. The molecule has 0 fully saturated rings. The molecule has 0 atom stereocenters. The lowest BCUT2D eigenvalue weighted by atomic mass is 10.2. The van der Waals surface area contributed by atoms with Crippen molar-refractivity contribution in [2.45, 2.75) is 0 Å². The van der Waals surface area contributed by atoms with Crippen LogP contribution in [0.5, 0.6) is 0 Å². The van der Waals surface area contributed by atoms with Crippen molar-refractivity contribution >= 4 is 40.4 Å². The number of anilines is 1. The van der Waals surface area contributed by atoms with Crippen LogP contribution in [0.15, 0.2) is 30.0 Å². The van der Waals surface area contributed by atoms with Gasteiger partial charge in [-0.2, -0.15) is 8.75 Å². The Kier molecular flexibility index (Phi) is 4.26. The molecule has 0 spiro atoms. The molecular formula is C12H11N3O4S. The Morgan fingerprint density at radius 1 is 1.15 bits per heavy atom. The number of ether oxygens (including phenoxy) is 2. The maximum absolute atomic E-state index is 11.5. The molecule has 0 saturated heterocycles. The molecule has 0 saturated carbocycles. The molecule has 104 valence electrons. The standard InChI is InChI=1S/C12H11N3O4S/c1-18-11(16)8(12(17)19-2)6-13-7-3-4-9-10(5-7)15-20-14-9/h3-6,13H,1-2H3. The number of benzene rings is 1. The number of fused-ring (bicyclic) bond motifs is 1. The van der Waals surface area contributed by atoms with Gasteiger partial charge in [0.2, 0.25) is 0 Å². The van der Waals surface area contributed by atoms with E-state index in [4.69, 9.17) is 0 Å². The van der Waals surface area contributed by atoms with Gasteiger partial charge in [-0.25, -0.2) is 9.59 Å². The summed E-state index contributed by atoms with van der Waals surface area (Å²) in [5.41, 5.74) is 1.94.